The molecular weight excluding hydrogens is 270 g/mol. The summed E-state index contributed by atoms with van der Waals surface area (Å²) in [5.74, 6) is 1.25. The second-order valence-corrected chi connectivity index (χ2v) is 5.33. The van der Waals surface area contributed by atoms with Crippen LogP contribution < -0.4 is 10.5 Å². The van der Waals surface area contributed by atoms with Crippen LogP contribution in [0.1, 0.15) is 24.8 Å². The van der Waals surface area contributed by atoms with Crippen LogP contribution in [0.3, 0.4) is 0 Å². The smallest absolute Gasteiger partial charge is 0.126 e. The molecule has 0 aliphatic heterocycles. The molecule has 0 amide bonds. The van der Waals surface area contributed by atoms with Crippen molar-refractivity contribution in [3.8, 4) is 16.9 Å². The van der Waals surface area contributed by atoms with Gasteiger partial charge >= 0.3 is 0 Å². The molecule has 2 nitrogen and oxygen atoms in total. The van der Waals surface area contributed by atoms with Crippen LogP contribution in [0.4, 0.5) is 0 Å². The van der Waals surface area contributed by atoms with Crippen LogP contribution in [-0.4, -0.2) is 13.7 Å². The lowest BCUT2D eigenvalue weighted by molar-refractivity contribution is 0.416. The number of hydrogen-bond acceptors (Lipinski definition) is 2. The molecule has 0 saturated heterocycles. The number of methoxy groups -OCH3 is 1. The molecule has 0 aliphatic rings. The minimum atomic E-state index is 0.422. The molecule has 0 radical (unpaired) electrons. The topological polar surface area (TPSA) is 35.2 Å². The van der Waals surface area contributed by atoms with E-state index in [4.69, 9.17) is 22.1 Å². The molecule has 0 saturated carbocycles. The van der Waals surface area contributed by atoms with E-state index in [0.29, 0.717) is 12.5 Å². The molecule has 20 heavy (non-hydrogen) atoms. The van der Waals surface area contributed by atoms with Gasteiger partial charge in [0.2, 0.25) is 0 Å². The molecule has 3 heteroatoms. The van der Waals surface area contributed by atoms with Gasteiger partial charge in [0.05, 0.1) is 7.11 Å². The van der Waals surface area contributed by atoms with E-state index < -0.39 is 0 Å². The van der Waals surface area contributed by atoms with E-state index in [1.54, 1.807) is 7.11 Å². The van der Waals surface area contributed by atoms with Crippen molar-refractivity contribution < 1.29 is 4.74 Å². The van der Waals surface area contributed by atoms with Crippen molar-refractivity contribution >= 4 is 11.6 Å². The Kier molecular flexibility index (Phi) is 5.05. The van der Waals surface area contributed by atoms with Crippen molar-refractivity contribution in [2.24, 2.45) is 5.73 Å². The summed E-state index contributed by atoms with van der Waals surface area (Å²) >= 11 is 6.36. The van der Waals surface area contributed by atoms with Gasteiger partial charge in [0, 0.05) is 16.1 Å². The van der Waals surface area contributed by atoms with E-state index in [0.717, 1.165) is 28.3 Å². The highest BCUT2D eigenvalue weighted by Crippen LogP contribution is 2.36. The van der Waals surface area contributed by atoms with Gasteiger partial charge in [0.25, 0.3) is 0 Å². The molecule has 106 valence electrons. The second kappa shape index (κ2) is 6.78. The van der Waals surface area contributed by atoms with E-state index in [-0.39, 0.29) is 0 Å². The summed E-state index contributed by atoms with van der Waals surface area (Å²) in [7, 11) is 1.67. The maximum absolute atomic E-state index is 6.36. The van der Waals surface area contributed by atoms with E-state index in [2.05, 4.69) is 19.1 Å². The average molecular weight is 290 g/mol. The Hall–Kier alpha value is -1.51. The predicted molar refractivity (Wildman–Crippen MR) is 85.5 cm³/mol. The van der Waals surface area contributed by atoms with Crippen molar-refractivity contribution in [2.45, 2.75) is 19.3 Å². The molecule has 0 aliphatic carbocycles. The van der Waals surface area contributed by atoms with Crippen molar-refractivity contribution in [1.29, 1.82) is 0 Å². The molecule has 0 spiro atoms. The monoisotopic (exact) mass is 289 g/mol. The molecular formula is C17H20ClNO. The maximum Gasteiger partial charge on any atom is 0.126 e. The van der Waals surface area contributed by atoms with E-state index in [1.165, 1.54) is 5.56 Å². The van der Waals surface area contributed by atoms with Gasteiger partial charge in [-0.2, -0.15) is 0 Å². The lowest BCUT2D eigenvalue weighted by Gasteiger charge is -2.15. The van der Waals surface area contributed by atoms with Gasteiger partial charge in [-0.1, -0.05) is 42.8 Å². The maximum atomic E-state index is 6.36. The lowest BCUT2D eigenvalue weighted by Crippen LogP contribution is -2.04. The first-order valence-electron chi connectivity index (χ1n) is 6.80. The summed E-state index contributed by atoms with van der Waals surface area (Å²) in [4.78, 5) is 0. The highest BCUT2D eigenvalue weighted by molar-refractivity contribution is 6.33. The summed E-state index contributed by atoms with van der Waals surface area (Å²) in [5, 5.41) is 0.734. The largest absolute Gasteiger partial charge is 0.496 e. The Bertz CT molecular complexity index is 583. The number of halogens is 1. The quantitative estimate of drug-likeness (QED) is 0.881. The predicted octanol–water partition coefficient (Wildman–Crippen LogP) is 4.47. The summed E-state index contributed by atoms with van der Waals surface area (Å²) in [6, 6.07) is 14.1. The molecule has 2 N–H and O–H groups in total. The summed E-state index contributed by atoms with van der Waals surface area (Å²) in [6.07, 6.45) is 0.965. The van der Waals surface area contributed by atoms with Gasteiger partial charge in [0.1, 0.15) is 5.75 Å². The number of nitrogens with two attached hydrogens (primary N) is 1. The van der Waals surface area contributed by atoms with Crippen molar-refractivity contribution in [3.63, 3.8) is 0 Å². The molecule has 0 aromatic heterocycles. The van der Waals surface area contributed by atoms with Crippen LogP contribution in [0.2, 0.25) is 5.02 Å². The molecule has 0 heterocycles. The van der Waals surface area contributed by atoms with E-state index in [9.17, 15) is 0 Å². The molecule has 1 atom stereocenters. The van der Waals surface area contributed by atoms with Crippen LogP contribution in [0.15, 0.2) is 42.5 Å². The summed E-state index contributed by atoms with van der Waals surface area (Å²) < 4.78 is 5.42. The van der Waals surface area contributed by atoms with Crippen LogP contribution in [0.5, 0.6) is 5.75 Å². The summed E-state index contributed by atoms with van der Waals surface area (Å²) in [5.41, 5.74) is 8.92. The molecule has 2 rings (SSSR count). The van der Waals surface area contributed by atoms with Crippen LogP contribution in [0.25, 0.3) is 11.1 Å². The standard InChI is InChI=1S/C17H20ClNO/c1-12(9-10-19)13-7-8-16(18)15(11-13)14-5-3-4-6-17(14)20-2/h3-8,11-12H,9-10,19H2,1-2H3. The fourth-order valence-corrected chi connectivity index (χ4v) is 2.56. The van der Waals surface area contributed by atoms with E-state index >= 15 is 0 Å². The van der Waals surface area contributed by atoms with Crippen LogP contribution >= 0.6 is 11.6 Å². The first-order valence-corrected chi connectivity index (χ1v) is 7.18. The number of para-hydroxylation sites is 1. The Labute approximate surface area is 125 Å². The average Bonchev–Trinajstić information content (AvgIpc) is 2.48. The second-order valence-electron chi connectivity index (χ2n) is 4.92. The van der Waals surface area contributed by atoms with E-state index in [1.807, 2.05) is 30.3 Å². The Balaban J connectivity index is 2.48. The zero-order valence-corrected chi connectivity index (χ0v) is 12.7. The molecule has 0 bridgehead atoms. The lowest BCUT2D eigenvalue weighted by atomic mass is 9.94. The number of benzene rings is 2. The summed E-state index contributed by atoms with van der Waals surface area (Å²) in [6.45, 7) is 2.87. The first-order chi connectivity index (χ1) is 9.67. The number of hydrogen-bond donors (Lipinski definition) is 1. The van der Waals surface area contributed by atoms with Gasteiger partial charge in [-0.3, -0.25) is 0 Å². The highest BCUT2D eigenvalue weighted by Gasteiger charge is 2.12. The number of rotatable bonds is 5. The highest BCUT2D eigenvalue weighted by atomic mass is 35.5. The molecule has 2 aromatic carbocycles. The first kappa shape index (κ1) is 14.9. The fourth-order valence-electron chi connectivity index (χ4n) is 2.34. The Morgan fingerprint density at radius 2 is 1.90 bits per heavy atom. The van der Waals surface area contributed by atoms with Crippen molar-refractivity contribution in [2.75, 3.05) is 13.7 Å². The SMILES string of the molecule is COc1ccccc1-c1cc(C(C)CCN)ccc1Cl. The third-order valence-corrected chi connectivity index (χ3v) is 3.89. The Morgan fingerprint density at radius 1 is 1.15 bits per heavy atom. The third kappa shape index (κ3) is 3.14. The van der Waals surface area contributed by atoms with Gasteiger partial charge in [-0.25, -0.2) is 0 Å². The molecule has 2 aromatic rings. The van der Waals surface area contributed by atoms with Gasteiger partial charge in [0.15, 0.2) is 0 Å². The zero-order valence-electron chi connectivity index (χ0n) is 11.9. The fraction of sp³-hybridized carbons (Fsp3) is 0.294. The Morgan fingerprint density at radius 3 is 2.60 bits per heavy atom. The number of ether oxygens (including phenoxy) is 1. The van der Waals surface area contributed by atoms with Crippen molar-refractivity contribution in [1.82, 2.24) is 0 Å². The molecule has 1 unspecified atom stereocenters. The third-order valence-electron chi connectivity index (χ3n) is 3.56. The molecule has 0 fully saturated rings. The van der Waals surface area contributed by atoms with Gasteiger partial charge in [-0.15, -0.1) is 0 Å². The van der Waals surface area contributed by atoms with Crippen molar-refractivity contribution in [3.05, 3.63) is 53.1 Å². The van der Waals surface area contributed by atoms with Crippen LogP contribution in [0, 0.1) is 0 Å². The van der Waals surface area contributed by atoms with Gasteiger partial charge in [-0.05, 0) is 42.6 Å². The zero-order chi connectivity index (χ0) is 14.5. The van der Waals surface area contributed by atoms with Gasteiger partial charge < -0.3 is 10.5 Å². The minimum absolute atomic E-state index is 0.422. The minimum Gasteiger partial charge on any atom is -0.496 e. The normalized spacial score (nSPS) is 12.2. The van der Waals surface area contributed by atoms with Crippen LogP contribution in [-0.2, 0) is 0 Å².